The maximum Gasteiger partial charge on any atom is 0.416 e. The number of halogens is 3. The van der Waals surface area contributed by atoms with Gasteiger partial charge < -0.3 is 9.64 Å². The van der Waals surface area contributed by atoms with Gasteiger partial charge in [0.25, 0.3) is 5.91 Å². The number of benzene rings is 2. The van der Waals surface area contributed by atoms with Crippen LogP contribution in [0, 0.1) is 6.92 Å². The lowest BCUT2D eigenvalue weighted by atomic mass is 10.1. The molecule has 2 aromatic carbocycles. The average Bonchev–Trinajstić information content (AvgIpc) is 3.22. The molecular formula is C23H18F3N5O2. The van der Waals surface area contributed by atoms with Crippen LogP contribution in [0.5, 0.6) is 5.75 Å². The standard InChI is InChI=1S/C23H18F3N5O2/c1-12-7-14(21-27-9-15-8-16(23(24,25)26)4-5-17(15)29-21)3-6-18(12)31-13(2)11-33-19-10-28-30-20(19)22(31)32/h3-10,13H,11H2,1-2H3,(H,28,30). The molecule has 33 heavy (non-hydrogen) atoms. The molecule has 0 saturated carbocycles. The molecule has 0 aliphatic carbocycles. The molecule has 10 heteroatoms. The van der Waals surface area contributed by atoms with Crippen molar-refractivity contribution in [1.82, 2.24) is 20.2 Å². The molecule has 1 aliphatic rings. The van der Waals surface area contributed by atoms with Crippen LogP contribution >= 0.6 is 0 Å². The normalized spacial score (nSPS) is 16.5. The maximum absolute atomic E-state index is 13.1. The molecule has 3 heterocycles. The molecule has 1 unspecified atom stereocenters. The predicted molar refractivity (Wildman–Crippen MR) is 115 cm³/mol. The number of carbonyl (C=O) groups excluding carboxylic acids is 1. The van der Waals surface area contributed by atoms with Crippen molar-refractivity contribution >= 4 is 22.5 Å². The Morgan fingerprint density at radius 1 is 1.15 bits per heavy atom. The molecule has 1 amide bonds. The van der Waals surface area contributed by atoms with E-state index in [0.29, 0.717) is 46.0 Å². The van der Waals surface area contributed by atoms with E-state index < -0.39 is 11.7 Å². The van der Waals surface area contributed by atoms with Crippen LogP contribution in [0.4, 0.5) is 18.9 Å². The van der Waals surface area contributed by atoms with Gasteiger partial charge in [-0.1, -0.05) is 0 Å². The zero-order valence-electron chi connectivity index (χ0n) is 17.6. The Kier molecular flexibility index (Phi) is 4.80. The van der Waals surface area contributed by atoms with Gasteiger partial charge in [-0.25, -0.2) is 9.97 Å². The smallest absolute Gasteiger partial charge is 0.416 e. The van der Waals surface area contributed by atoms with Crippen molar-refractivity contribution in [3.05, 3.63) is 65.6 Å². The molecule has 2 aromatic heterocycles. The van der Waals surface area contributed by atoms with Gasteiger partial charge in [-0.15, -0.1) is 0 Å². The second kappa shape index (κ2) is 7.58. The number of anilines is 1. The van der Waals surface area contributed by atoms with Crippen molar-refractivity contribution < 1.29 is 22.7 Å². The van der Waals surface area contributed by atoms with E-state index in [1.54, 1.807) is 17.0 Å². The number of aryl methyl sites for hydroxylation is 1. The minimum atomic E-state index is -4.43. The number of carbonyl (C=O) groups is 1. The van der Waals surface area contributed by atoms with Crippen molar-refractivity contribution in [2.24, 2.45) is 0 Å². The van der Waals surface area contributed by atoms with Crippen LogP contribution in [0.2, 0.25) is 0 Å². The van der Waals surface area contributed by atoms with Gasteiger partial charge in [-0.3, -0.25) is 9.89 Å². The highest BCUT2D eigenvalue weighted by molar-refractivity contribution is 6.07. The van der Waals surface area contributed by atoms with Crippen LogP contribution in [0.25, 0.3) is 22.3 Å². The van der Waals surface area contributed by atoms with Gasteiger partial charge in [-0.2, -0.15) is 18.3 Å². The van der Waals surface area contributed by atoms with E-state index in [9.17, 15) is 18.0 Å². The van der Waals surface area contributed by atoms with Crippen LogP contribution in [0.15, 0.2) is 48.8 Å². The average molecular weight is 453 g/mol. The number of aromatic amines is 1. The number of amides is 1. The first kappa shape index (κ1) is 20.9. The Bertz CT molecular complexity index is 1380. The van der Waals surface area contributed by atoms with Crippen LogP contribution in [0.3, 0.4) is 0 Å². The lowest BCUT2D eigenvalue weighted by Crippen LogP contribution is -2.40. The van der Waals surface area contributed by atoms with E-state index in [4.69, 9.17) is 4.74 Å². The van der Waals surface area contributed by atoms with E-state index in [1.807, 2.05) is 19.9 Å². The number of nitrogens with one attached hydrogen (secondary N) is 1. The molecule has 0 bridgehead atoms. The van der Waals surface area contributed by atoms with Crippen molar-refractivity contribution in [3.8, 4) is 17.1 Å². The predicted octanol–water partition coefficient (Wildman–Crippen LogP) is 4.77. The molecule has 4 aromatic rings. The lowest BCUT2D eigenvalue weighted by Gasteiger charge is -2.28. The minimum absolute atomic E-state index is 0.220. The summed E-state index contributed by atoms with van der Waals surface area (Å²) in [7, 11) is 0. The molecule has 7 nitrogen and oxygen atoms in total. The van der Waals surface area contributed by atoms with Crippen molar-refractivity contribution in [1.29, 1.82) is 0 Å². The highest BCUT2D eigenvalue weighted by Crippen LogP contribution is 2.33. The van der Waals surface area contributed by atoms with Gasteiger partial charge in [0, 0.05) is 22.8 Å². The monoisotopic (exact) mass is 453 g/mol. The van der Waals surface area contributed by atoms with E-state index in [1.165, 1.54) is 18.5 Å². The zero-order valence-corrected chi connectivity index (χ0v) is 17.6. The summed E-state index contributed by atoms with van der Waals surface area (Å²) < 4.78 is 44.6. The molecule has 0 saturated heterocycles. The first-order valence-electron chi connectivity index (χ1n) is 10.2. The first-order chi connectivity index (χ1) is 15.7. The Balaban J connectivity index is 1.50. The molecule has 1 aliphatic heterocycles. The Hall–Kier alpha value is -3.95. The van der Waals surface area contributed by atoms with Gasteiger partial charge in [0.05, 0.1) is 23.3 Å². The van der Waals surface area contributed by atoms with Crippen LogP contribution < -0.4 is 9.64 Å². The zero-order chi connectivity index (χ0) is 23.3. The summed E-state index contributed by atoms with van der Waals surface area (Å²) >= 11 is 0. The fraction of sp³-hybridized carbons (Fsp3) is 0.217. The first-order valence-corrected chi connectivity index (χ1v) is 10.2. The van der Waals surface area contributed by atoms with Gasteiger partial charge in [0.15, 0.2) is 17.3 Å². The second-order valence-electron chi connectivity index (χ2n) is 7.91. The van der Waals surface area contributed by atoms with E-state index >= 15 is 0 Å². The summed E-state index contributed by atoms with van der Waals surface area (Å²) in [5, 5.41) is 6.90. The number of nitrogens with zero attached hydrogens (tertiary/aromatic N) is 4. The summed E-state index contributed by atoms with van der Waals surface area (Å²) in [6, 6.07) is 8.60. The topological polar surface area (TPSA) is 84.0 Å². The highest BCUT2D eigenvalue weighted by Gasteiger charge is 2.32. The SMILES string of the molecule is Cc1cc(-c2ncc3cc(C(F)(F)F)ccc3n2)ccc1N1C(=O)c2[nH]ncc2OCC1C. The van der Waals surface area contributed by atoms with Gasteiger partial charge in [0.2, 0.25) is 0 Å². The summed E-state index contributed by atoms with van der Waals surface area (Å²) in [4.78, 5) is 23.5. The summed E-state index contributed by atoms with van der Waals surface area (Å²) in [5.41, 5.74) is 2.16. The quantitative estimate of drug-likeness (QED) is 0.473. The summed E-state index contributed by atoms with van der Waals surface area (Å²) in [6.07, 6.45) is -1.56. The second-order valence-corrected chi connectivity index (χ2v) is 7.91. The summed E-state index contributed by atoms with van der Waals surface area (Å²) in [6.45, 7) is 4.08. The van der Waals surface area contributed by atoms with E-state index in [-0.39, 0.29) is 11.9 Å². The molecule has 0 radical (unpaired) electrons. The third-order valence-corrected chi connectivity index (χ3v) is 5.58. The number of fused-ring (bicyclic) bond motifs is 2. The van der Waals surface area contributed by atoms with Crippen LogP contribution in [-0.2, 0) is 6.18 Å². The fourth-order valence-electron chi connectivity index (χ4n) is 3.90. The van der Waals surface area contributed by atoms with Crippen molar-refractivity contribution in [2.45, 2.75) is 26.1 Å². The lowest BCUT2D eigenvalue weighted by molar-refractivity contribution is -0.137. The third kappa shape index (κ3) is 3.67. The van der Waals surface area contributed by atoms with E-state index in [0.717, 1.165) is 17.7 Å². The Labute approximate surface area is 186 Å². The Morgan fingerprint density at radius 2 is 1.97 bits per heavy atom. The van der Waals surface area contributed by atoms with Gasteiger partial charge in [-0.05, 0) is 55.8 Å². The van der Waals surface area contributed by atoms with Gasteiger partial charge in [0.1, 0.15) is 6.61 Å². The van der Waals surface area contributed by atoms with Crippen molar-refractivity contribution in [3.63, 3.8) is 0 Å². The van der Waals surface area contributed by atoms with Crippen LogP contribution in [-0.4, -0.2) is 38.7 Å². The third-order valence-electron chi connectivity index (χ3n) is 5.58. The van der Waals surface area contributed by atoms with E-state index in [2.05, 4.69) is 20.2 Å². The molecule has 1 N–H and O–H groups in total. The fourth-order valence-corrected chi connectivity index (χ4v) is 3.90. The molecule has 168 valence electrons. The molecule has 0 spiro atoms. The number of ether oxygens (including phenoxy) is 1. The highest BCUT2D eigenvalue weighted by atomic mass is 19.4. The maximum atomic E-state index is 13.1. The summed E-state index contributed by atoms with van der Waals surface area (Å²) in [5.74, 6) is 0.555. The van der Waals surface area contributed by atoms with Gasteiger partial charge >= 0.3 is 6.18 Å². The number of hydrogen-bond acceptors (Lipinski definition) is 5. The molecular weight excluding hydrogens is 435 g/mol. The van der Waals surface area contributed by atoms with Crippen molar-refractivity contribution in [2.75, 3.05) is 11.5 Å². The minimum Gasteiger partial charge on any atom is -0.487 e. The largest absolute Gasteiger partial charge is 0.487 e. The number of aromatic nitrogens is 4. The number of hydrogen-bond donors (Lipinski definition) is 1. The molecule has 0 fully saturated rings. The number of rotatable bonds is 2. The number of alkyl halides is 3. The molecule has 5 rings (SSSR count). The molecule has 1 atom stereocenters. The number of H-pyrrole nitrogens is 1. The van der Waals surface area contributed by atoms with Crippen LogP contribution in [0.1, 0.15) is 28.5 Å². The Morgan fingerprint density at radius 3 is 2.73 bits per heavy atom.